The summed E-state index contributed by atoms with van der Waals surface area (Å²) < 4.78 is 83.5. The highest BCUT2D eigenvalue weighted by Crippen LogP contribution is 2.76. The highest BCUT2D eigenvalue weighted by atomic mass is 16.8. The second-order valence-corrected chi connectivity index (χ2v) is 32.5. The number of hydrogen-bond acceptors (Lipinski definition) is 32. The lowest BCUT2D eigenvalue weighted by Crippen LogP contribution is -2.67. The molecule has 12 aliphatic rings. The second-order valence-electron chi connectivity index (χ2n) is 32.5. The van der Waals surface area contributed by atoms with E-state index in [2.05, 4.69) is 54.5 Å². The van der Waals surface area contributed by atoms with Crippen LogP contribution >= 0.6 is 0 Å². The number of hydrogen-bond donors (Lipinski definition) is 17. The number of allylic oxidation sites excluding steroid dienone is 2. The van der Waals surface area contributed by atoms with Crippen LogP contribution in [0.1, 0.15) is 120 Å². The van der Waals surface area contributed by atoms with Crippen molar-refractivity contribution in [3.8, 4) is 0 Å². The summed E-state index contributed by atoms with van der Waals surface area (Å²) >= 11 is 0. The fourth-order valence-corrected chi connectivity index (χ4v) is 19.5. The van der Waals surface area contributed by atoms with E-state index in [9.17, 15) is 91.6 Å². The molecule has 33 nitrogen and oxygen atoms in total. The Hall–Kier alpha value is -2.48. The van der Waals surface area contributed by atoms with Gasteiger partial charge >= 0.3 is 11.9 Å². The number of aliphatic carboxylic acids is 1. The number of rotatable bonds is 15. The lowest BCUT2D eigenvalue weighted by Gasteiger charge is -2.71. The monoisotopic (exact) mass is 1440 g/mol. The van der Waals surface area contributed by atoms with Crippen molar-refractivity contribution in [2.24, 2.45) is 50.2 Å². The van der Waals surface area contributed by atoms with Crippen LogP contribution < -0.4 is 0 Å². The third-order valence-corrected chi connectivity index (χ3v) is 25.7. The topological polar surface area (TPSA) is 507 Å². The molecule has 38 atom stereocenters. The van der Waals surface area contributed by atoms with Crippen molar-refractivity contribution < 1.29 is 163 Å². The predicted molar refractivity (Wildman–Crippen MR) is 330 cm³/mol. The van der Waals surface area contributed by atoms with Crippen LogP contribution in [0, 0.1) is 50.2 Å². The van der Waals surface area contributed by atoms with Gasteiger partial charge in [0.05, 0.1) is 50.7 Å². The zero-order chi connectivity index (χ0) is 72.6. The Bertz CT molecular complexity index is 2890. The van der Waals surface area contributed by atoms with E-state index in [1.54, 1.807) is 0 Å². The summed E-state index contributed by atoms with van der Waals surface area (Å²) in [5.41, 5.74) is -1.85. The summed E-state index contributed by atoms with van der Waals surface area (Å²) in [6.07, 6.45) is -43.9. The van der Waals surface area contributed by atoms with E-state index in [1.807, 2.05) is 0 Å². The fourth-order valence-electron chi connectivity index (χ4n) is 19.5. The van der Waals surface area contributed by atoms with Gasteiger partial charge in [-0.15, -0.1) is 0 Å². The Kier molecular flexibility index (Phi) is 22.3. The van der Waals surface area contributed by atoms with Crippen molar-refractivity contribution >= 4 is 11.9 Å². The van der Waals surface area contributed by atoms with E-state index in [0.29, 0.717) is 51.4 Å². The van der Waals surface area contributed by atoms with Gasteiger partial charge in [0.15, 0.2) is 49.9 Å². The molecular formula is C67H106O33. The highest BCUT2D eigenvalue weighted by molar-refractivity contribution is 5.79. The number of carbonyl (C=O) groups is 2. The molecule has 5 aliphatic carbocycles. The van der Waals surface area contributed by atoms with Gasteiger partial charge in [-0.2, -0.15) is 0 Å². The minimum atomic E-state index is -2.05. The smallest absolute Gasteiger partial charge is 0.335 e. The zero-order valence-corrected chi connectivity index (χ0v) is 57.4. The molecule has 4 saturated carbocycles. The third-order valence-electron chi connectivity index (χ3n) is 25.7. The van der Waals surface area contributed by atoms with E-state index in [4.69, 9.17) is 66.3 Å². The normalized spacial score (nSPS) is 54.1. The Morgan fingerprint density at radius 2 is 0.910 bits per heavy atom. The quantitative estimate of drug-likeness (QED) is 0.0419. The molecule has 0 aromatic heterocycles. The number of ether oxygens (including phenoxy) is 14. The van der Waals surface area contributed by atoms with Gasteiger partial charge in [0.25, 0.3) is 0 Å². The fraction of sp³-hybridized carbons (Fsp3) is 0.940. The van der Waals surface area contributed by atoms with Crippen LogP contribution in [0.25, 0.3) is 0 Å². The van der Waals surface area contributed by atoms with Gasteiger partial charge in [-0.25, -0.2) is 4.79 Å². The van der Waals surface area contributed by atoms with Crippen LogP contribution in [-0.2, 0) is 75.9 Å². The van der Waals surface area contributed by atoms with E-state index in [0.717, 1.165) is 18.4 Å². The summed E-state index contributed by atoms with van der Waals surface area (Å²) in [5.74, 6) is -2.37. The summed E-state index contributed by atoms with van der Waals surface area (Å²) in [5, 5.41) is 185. The molecule has 0 bridgehead atoms. The molecule has 0 amide bonds. The van der Waals surface area contributed by atoms with Crippen LogP contribution in [0.2, 0.25) is 0 Å². The van der Waals surface area contributed by atoms with E-state index in [-0.39, 0.29) is 34.0 Å². The largest absolute Gasteiger partial charge is 0.479 e. The molecule has 7 heterocycles. The number of aliphatic hydroxyl groups excluding tert-OH is 16. The molecule has 0 aromatic rings. The minimum absolute atomic E-state index is 0.0256. The highest BCUT2D eigenvalue weighted by Gasteiger charge is 2.71. The standard InChI is InChI=1S/C67H106O33/c1-25-47(94-57-44(81)48(32(72)24-90-57)95-54-40(77)36(73)28(68)20-87-54)50(97-56-42(79)38(75)30(70)22-89-56)46(83)58(92-25)99-52-39(76)31(71)23-91-60(52)100-61(86)67-17-15-62(2,3)19-27(67)26-9-10-34-64(6)13-12-35(63(4,5)33(64)11-14-66(34,8)65(26,7)16-18-67)93-59-45(82)49(43(80)51(98-59)53(84)85)96-55-41(78)37(74)29(69)21-88-55/h9,25,27-52,54-60,68-83H,10-24H2,1-8H3,(H,84,85)/t25-,27-,28+,29+,30+,31+,32-,33+,34+,35-,36+,37+,38+,39+,40+,41+,42+,43+,44-,45-,46+,47+,48-,49-,50+,51+,52-,54+,55+,56+,57+,58-,59-,60-,64-,65+,66+,67-/m0/s1. The van der Waals surface area contributed by atoms with Crippen molar-refractivity contribution in [1.82, 2.24) is 0 Å². The van der Waals surface area contributed by atoms with E-state index in [1.165, 1.54) is 6.92 Å². The molecule has 7 saturated heterocycles. The second kappa shape index (κ2) is 28.9. The molecule has 11 fully saturated rings. The summed E-state index contributed by atoms with van der Waals surface area (Å²) in [6, 6.07) is 0. The third kappa shape index (κ3) is 13.5. The summed E-state index contributed by atoms with van der Waals surface area (Å²) in [4.78, 5) is 28.3. The number of esters is 1. The molecule has 0 radical (unpaired) electrons. The average molecular weight is 1440 g/mol. The first-order valence-corrected chi connectivity index (χ1v) is 35.2. The maximum atomic E-state index is 15.7. The minimum Gasteiger partial charge on any atom is -0.479 e. The van der Waals surface area contributed by atoms with Gasteiger partial charge in [0, 0.05) is 0 Å². The summed E-state index contributed by atoms with van der Waals surface area (Å²) in [6.45, 7) is 14.5. The SMILES string of the molecule is C[C@@H]1O[C@@H](O[C@@H]2[C@H](OC(=O)[C@]34CCC(C)(C)C[C@H]3C3=CC[C@@H]5[C@@]6(C)CC[C@H](O[C@H]7O[C@@H](C(=O)O)[C@H](O)[C@H](O[C@H]8OC[C@@H](O)[C@@H](O)[C@H]8O)[C@@H]7O)C(C)(C)[C@H]6CC[C@@]5(C)[C@]3(C)CC4)OC[C@@H](O)[C@H]2O)[C@H](O)[C@@H](O[C@H]2OC[C@@H](O)[C@@H](O)[C@H]2O)[C@@H]1O[C@H]1OC[C@H](O)[C@H](O[C@H]2OC[C@@H](O)[C@@H](O)[C@H]2O)[C@@H]1O. The van der Waals surface area contributed by atoms with Gasteiger partial charge in [0.2, 0.25) is 6.29 Å². The molecule has 33 heteroatoms. The number of fused-ring (bicyclic) bond motifs is 7. The van der Waals surface area contributed by atoms with E-state index >= 15 is 4.79 Å². The number of carbonyl (C=O) groups excluding carboxylic acids is 1. The number of aliphatic hydroxyl groups is 16. The Morgan fingerprint density at radius 1 is 0.440 bits per heavy atom. The van der Waals surface area contributed by atoms with Gasteiger partial charge in [-0.3, -0.25) is 4.79 Å². The van der Waals surface area contributed by atoms with Gasteiger partial charge < -0.3 is 153 Å². The molecule has 572 valence electrons. The lowest BCUT2D eigenvalue weighted by atomic mass is 9.33. The first kappa shape index (κ1) is 77.1. The number of carboxylic acid groups (broad SMARTS) is 1. The van der Waals surface area contributed by atoms with Crippen LogP contribution in [0.3, 0.4) is 0 Å². The molecule has 7 aliphatic heterocycles. The Morgan fingerprint density at radius 3 is 1.49 bits per heavy atom. The molecule has 0 aromatic carbocycles. The zero-order valence-electron chi connectivity index (χ0n) is 57.4. The predicted octanol–water partition coefficient (Wildman–Crippen LogP) is -4.25. The first-order valence-electron chi connectivity index (χ1n) is 35.2. The van der Waals surface area contributed by atoms with Crippen molar-refractivity contribution in [3.63, 3.8) is 0 Å². The van der Waals surface area contributed by atoms with Crippen molar-refractivity contribution in [1.29, 1.82) is 0 Å². The maximum absolute atomic E-state index is 15.7. The molecule has 12 rings (SSSR count). The lowest BCUT2D eigenvalue weighted by molar-refractivity contribution is -0.392. The first-order chi connectivity index (χ1) is 46.9. The van der Waals surface area contributed by atoms with Gasteiger partial charge in [-0.05, 0) is 116 Å². The molecule has 17 N–H and O–H groups in total. The van der Waals surface area contributed by atoms with Crippen LogP contribution in [0.4, 0.5) is 0 Å². The van der Waals surface area contributed by atoms with Crippen LogP contribution in [0.15, 0.2) is 11.6 Å². The average Bonchev–Trinajstić information content (AvgIpc) is 0.675. The summed E-state index contributed by atoms with van der Waals surface area (Å²) in [7, 11) is 0. The molecule has 0 unspecified atom stereocenters. The maximum Gasteiger partial charge on any atom is 0.335 e. The van der Waals surface area contributed by atoms with Crippen molar-refractivity contribution in [2.75, 3.05) is 33.0 Å². The van der Waals surface area contributed by atoms with Crippen LogP contribution in [-0.4, -0.2) is 322 Å². The number of carboxylic acids is 1. The molecule has 100 heavy (non-hydrogen) atoms. The van der Waals surface area contributed by atoms with Crippen LogP contribution in [0.5, 0.6) is 0 Å². The van der Waals surface area contributed by atoms with Gasteiger partial charge in [0.1, 0.15) is 122 Å². The Balaban J connectivity index is 0.760. The van der Waals surface area contributed by atoms with E-state index < -0.39 is 252 Å². The van der Waals surface area contributed by atoms with Gasteiger partial charge in [-0.1, -0.05) is 60.1 Å². The molecular weight excluding hydrogens is 1330 g/mol. The van der Waals surface area contributed by atoms with Crippen molar-refractivity contribution in [3.05, 3.63) is 11.6 Å². The Labute approximate surface area is 577 Å². The molecule has 0 spiro atoms. The van der Waals surface area contributed by atoms with Crippen molar-refractivity contribution in [2.45, 2.75) is 310 Å².